The maximum Gasteiger partial charge on any atom is -0.0323 e. The molecule has 0 bridgehead atoms. The van der Waals surface area contributed by atoms with Gasteiger partial charge in [0, 0.05) is 0 Å². The van der Waals surface area contributed by atoms with Crippen LogP contribution >= 0.6 is 0 Å². The van der Waals surface area contributed by atoms with Gasteiger partial charge in [-0.05, 0) is 25.7 Å². The first kappa shape index (κ1) is 15.7. The molecule has 0 N–H and O–H groups in total. The van der Waals surface area contributed by atoms with Gasteiger partial charge in [-0.3, -0.25) is 0 Å². The van der Waals surface area contributed by atoms with Crippen molar-refractivity contribution in [2.45, 2.75) is 90.9 Å². The lowest BCUT2D eigenvalue weighted by Gasteiger charge is -2.04. The number of unbranched alkanes of at least 4 members (excludes halogenated alkanes) is 8. The first-order valence-corrected chi connectivity index (χ1v) is 7.47. The summed E-state index contributed by atoms with van der Waals surface area (Å²) in [5.41, 5.74) is 1.48. The summed E-state index contributed by atoms with van der Waals surface area (Å²) in [4.78, 5) is 0. The summed E-state index contributed by atoms with van der Waals surface area (Å²) >= 11 is 0. The van der Waals surface area contributed by atoms with Crippen LogP contribution in [0.1, 0.15) is 90.9 Å². The van der Waals surface area contributed by atoms with Gasteiger partial charge in [0.2, 0.25) is 0 Å². The fourth-order valence-corrected chi connectivity index (χ4v) is 2.06. The van der Waals surface area contributed by atoms with Crippen molar-refractivity contribution in [3.05, 3.63) is 12.2 Å². The molecular formula is C16H32. The molecule has 0 aromatic heterocycles. The third-order valence-electron chi connectivity index (χ3n) is 3.27. The van der Waals surface area contributed by atoms with E-state index in [1.807, 2.05) is 0 Å². The predicted molar refractivity (Wildman–Crippen MR) is 75.9 cm³/mol. The minimum atomic E-state index is 1.26. The van der Waals surface area contributed by atoms with Crippen LogP contribution in [0.25, 0.3) is 0 Å². The Labute approximate surface area is 104 Å². The molecule has 96 valence electrons. The van der Waals surface area contributed by atoms with E-state index in [1.165, 1.54) is 82.6 Å². The molecule has 0 aliphatic carbocycles. The van der Waals surface area contributed by atoms with Crippen molar-refractivity contribution in [1.29, 1.82) is 0 Å². The lowest BCUT2D eigenvalue weighted by atomic mass is 10.0. The molecule has 0 spiro atoms. The number of hydrogen-bond acceptors (Lipinski definition) is 0. The summed E-state index contributed by atoms with van der Waals surface area (Å²) in [5.74, 6) is 0. The average molecular weight is 224 g/mol. The van der Waals surface area contributed by atoms with Crippen molar-refractivity contribution in [3.8, 4) is 0 Å². The third-order valence-corrected chi connectivity index (χ3v) is 3.27. The maximum atomic E-state index is 4.15. The highest BCUT2D eigenvalue weighted by Crippen LogP contribution is 2.15. The van der Waals surface area contributed by atoms with E-state index >= 15 is 0 Å². The summed E-state index contributed by atoms with van der Waals surface area (Å²) in [6.45, 7) is 8.68. The average Bonchev–Trinajstić information content (AvgIpc) is 2.30. The Morgan fingerprint density at radius 3 is 1.62 bits per heavy atom. The Morgan fingerprint density at radius 2 is 1.06 bits per heavy atom. The second-order valence-corrected chi connectivity index (χ2v) is 5.08. The van der Waals surface area contributed by atoms with Crippen LogP contribution in [0, 0.1) is 0 Å². The molecule has 0 heterocycles. The Kier molecular flexibility index (Phi) is 12.6. The van der Waals surface area contributed by atoms with Gasteiger partial charge in [-0.2, -0.15) is 0 Å². The van der Waals surface area contributed by atoms with E-state index in [0.717, 1.165) is 0 Å². The maximum absolute atomic E-state index is 4.15. The first-order chi connectivity index (χ1) is 7.81. The van der Waals surface area contributed by atoms with Gasteiger partial charge in [-0.25, -0.2) is 0 Å². The van der Waals surface area contributed by atoms with Gasteiger partial charge in [0.25, 0.3) is 0 Å². The smallest absolute Gasteiger partial charge is 0.0323 e. The van der Waals surface area contributed by atoms with Crippen LogP contribution < -0.4 is 0 Å². The summed E-state index contributed by atoms with van der Waals surface area (Å²) in [7, 11) is 0. The zero-order valence-corrected chi connectivity index (χ0v) is 11.7. The highest BCUT2D eigenvalue weighted by Gasteiger charge is 1.95. The molecule has 0 fully saturated rings. The topological polar surface area (TPSA) is 0 Å². The molecule has 0 amide bonds. The summed E-state index contributed by atoms with van der Waals surface area (Å²) in [6.07, 6.45) is 16.5. The largest absolute Gasteiger partial charge is 0.0999 e. The van der Waals surface area contributed by atoms with Gasteiger partial charge < -0.3 is 0 Å². The molecule has 0 saturated carbocycles. The zero-order chi connectivity index (χ0) is 12.1. The van der Waals surface area contributed by atoms with Crippen LogP contribution in [0.15, 0.2) is 12.2 Å². The van der Waals surface area contributed by atoms with Crippen LogP contribution in [-0.2, 0) is 0 Å². The number of allylic oxidation sites excluding steroid dienone is 1. The van der Waals surface area contributed by atoms with Crippen molar-refractivity contribution in [2.75, 3.05) is 0 Å². The van der Waals surface area contributed by atoms with Gasteiger partial charge in [0.15, 0.2) is 0 Å². The molecule has 0 unspecified atom stereocenters. The summed E-state index contributed by atoms with van der Waals surface area (Å²) in [6, 6.07) is 0. The molecule has 0 heteroatoms. The van der Waals surface area contributed by atoms with Crippen LogP contribution in [-0.4, -0.2) is 0 Å². The molecule has 16 heavy (non-hydrogen) atoms. The second-order valence-electron chi connectivity index (χ2n) is 5.08. The fraction of sp³-hybridized carbons (Fsp3) is 0.875. The quantitative estimate of drug-likeness (QED) is 0.271. The van der Waals surface area contributed by atoms with Crippen LogP contribution in [0.2, 0.25) is 0 Å². The normalized spacial score (nSPS) is 10.6. The van der Waals surface area contributed by atoms with E-state index in [1.54, 1.807) is 0 Å². The van der Waals surface area contributed by atoms with E-state index in [4.69, 9.17) is 0 Å². The lowest BCUT2D eigenvalue weighted by molar-refractivity contribution is 0.571. The van der Waals surface area contributed by atoms with Crippen LogP contribution in [0.5, 0.6) is 0 Å². The highest BCUT2D eigenvalue weighted by molar-refractivity contribution is 4.93. The Morgan fingerprint density at radius 1 is 0.625 bits per heavy atom. The standard InChI is InChI=1S/C16H32/c1-4-6-8-9-10-11-12-13-15-16(3)14-7-5-2/h3-15H2,1-2H3. The number of rotatable bonds is 12. The van der Waals surface area contributed by atoms with E-state index in [9.17, 15) is 0 Å². The third kappa shape index (κ3) is 11.8. The molecule has 0 aliphatic rings. The SMILES string of the molecule is C=C(CCCC)CCCCCCCCCC. The van der Waals surface area contributed by atoms with Crippen LogP contribution in [0.3, 0.4) is 0 Å². The van der Waals surface area contributed by atoms with Crippen molar-refractivity contribution in [3.63, 3.8) is 0 Å². The van der Waals surface area contributed by atoms with E-state index in [2.05, 4.69) is 20.4 Å². The Balaban J connectivity index is 3.05. The molecule has 0 saturated heterocycles. The van der Waals surface area contributed by atoms with Gasteiger partial charge >= 0.3 is 0 Å². The molecular weight excluding hydrogens is 192 g/mol. The monoisotopic (exact) mass is 224 g/mol. The Bertz CT molecular complexity index is 146. The van der Waals surface area contributed by atoms with E-state index < -0.39 is 0 Å². The van der Waals surface area contributed by atoms with Gasteiger partial charge in [-0.15, -0.1) is 0 Å². The molecule has 0 atom stereocenters. The number of hydrogen-bond donors (Lipinski definition) is 0. The van der Waals surface area contributed by atoms with E-state index in [0.29, 0.717) is 0 Å². The van der Waals surface area contributed by atoms with Gasteiger partial charge in [0.1, 0.15) is 0 Å². The van der Waals surface area contributed by atoms with Gasteiger partial charge in [0.05, 0.1) is 0 Å². The molecule has 0 aliphatic heterocycles. The lowest BCUT2D eigenvalue weighted by Crippen LogP contribution is -1.85. The van der Waals surface area contributed by atoms with Crippen molar-refractivity contribution < 1.29 is 0 Å². The van der Waals surface area contributed by atoms with Gasteiger partial charge in [-0.1, -0.05) is 77.4 Å². The summed E-state index contributed by atoms with van der Waals surface area (Å²) in [5, 5.41) is 0. The minimum absolute atomic E-state index is 1.26. The molecule has 0 radical (unpaired) electrons. The molecule has 0 aromatic carbocycles. The Hall–Kier alpha value is -0.260. The van der Waals surface area contributed by atoms with Crippen molar-refractivity contribution >= 4 is 0 Å². The zero-order valence-electron chi connectivity index (χ0n) is 11.7. The minimum Gasteiger partial charge on any atom is -0.0999 e. The van der Waals surface area contributed by atoms with Crippen molar-refractivity contribution in [2.24, 2.45) is 0 Å². The van der Waals surface area contributed by atoms with E-state index in [-0.39, 0.29) is 0 Å². The first-order valence-electron chi connectivity index (χ1n) is 7.47. The second kappa shape index (κ2) is 12.8. The highest BCUT2D eigenvalue weighted by atomic mass is 14.0. The predicted octanol–water partition coefficient (Wildman–Crippen LogP) is 6.26. The van der Waals surface area contributed by atoms with Crippen LogP contribution in [0.4, 0.5) is 0 Å². The molecule has 0 nitrogen and oxygen atoms in total. The molecule has 0 aromatic rings. The summed E-state index contributed by atoms with van der Waals surface area (Å²) < 4.78 is 0. The molecule has 0 rings (SSSR count). The fourth-order valence-electron chi connectivity index (χ4n) is 2.06. The van der Waals surface area contributed by atoms with Crippen molar-refractivity contribution in [1.82, 2.24) is 0 Å².